The number of benzene rings is 1. The maximum Gasteiger partial charge on any atom is 0.416 e. The number of pyridine rings is 1. The molecule has 0 saturated carbocycles. The minimum Gasteiger partial charge on any atom is -0.328 e. The minimum absolute atomic E-state index is 0.0945. The molecule has 0 N–H and O–H groups in total. The highest BCUT2D eigenvalue weighted by Crippen LogP contribution is 2.50. The fraction of sp³-hybridized carbons (Fsp3) is 0.421. The summed E-state index contributed by atoms with van der Waals surface area (Å²) in [5.41, 5.74) is -2.49. The van der Waals surface area contributed by atoms with Crippen LogP contribution in [-0.2, 0) is 28.4 Å². The van der Waals surface area contributed by atoms with Crippen molar-refractivity contribution in [3.63, 3.8) is 0 Å². The summed E-state index contributed by atoms with van der Waals surface area (Å²) in [7, 11) is 0. The van der Waals surface area contributed by atoms with Crippen LogP contribution in [0.2, 0.25) is 5.15 Å². The Balaban J connectivity index is 1.71. The van der Waals surface area contributed by atoms with E-state index in [1.54, 1.807) is 24.0 Å². The van der Waals surface area contributed by atoms with Gasteiger partial charge < -0.3 is 9.47 Å². The van der Waals surface area contributed by atoms with Crippen molar-refractivity contribution in [2.75, 3.05) is 6.61 Å². The second-order valence-electron chi connectivity index (χ2n) is 7.31. The lowest BCUT2D eigenvalue weighted by atomic mass is 9.97. The van der Waals surface area contributed by atoms with Crippen LogP contribution < -0.4 is 0 Å². The van der Waals surface area contributed by atoms with E-state index in [1.165, 1.54) is 0 Å². The molecule has 4 nitrogen and oxygen atoms in total. The number of ether oxygens (including phenoxy) is 2. The molecular formula is C19H14BrClF6N2O2. The number of nitrogens with zero attached hydrogens (tertiary/aromatic N) is 2. The second kappa shape index (κ2) is 7.58. The lowest BCUT2D eigenvalue weighted by Gasteiger charge is -2.24. The van der Waals surface area contributed by atoms with Crippen LogP contribution >= 0.6 is 27.5 Å². The van der Waals surface area contributed by atoms with Gasteiger partial charge in [-0.15, -0.1) is 0 Å². The van der Waals surface area contributed by atoms with Gasteiger partial charge in [0.25, 0.3) is 5.91 Å². The van der Waals surface area contributed by atoms with E-state index >= 15 is 0 Å². The van der Waals surface area contributed by atoms with Crippen LogP contribution in [0, 0.1) is 0 Å². The van der Waals surface area contributed by atoms with Gasteiger partial charge in [0.05, 0.1) is 16.8 Å². The lowest BCUT2D eigenvalue weighted by Crippen LogP contribution is -2.38. The zero-order chi connectivity index (χ0) is 22.8. The third kappa shape index (κ3) is 4.43. The Morgan fingerprint density at radius 1 is 1.13 bits per heavy atom. The molecule has 1 unspecified atom stereocenters. The van der Waals surface area contributed by atoms with Gasteiger partial charge in [0.15, 0.2) is 0 Å². The van der Waals surface area contributed by atoms with Crippen molar-refractivity contribution < 1.29 is 35.8 Å². The van der Waals surface area contributed by atoms with Gasteiger partial charge in [-0.3, -0.25) is 0 Å². The molecule has 4 rings (SSSR count). The molecule has 2 saturated heterocycles. The largest absolute Gasteiger partial charge is 0.416 e. The second-order valence-corrected chi connectivity index (χ2v) is 8.55. The maximum atomic E-state index is 13.3. The molecule has 0 radical (unpaired) electrons. The molecule has 12 heteroatoms. The third-order valence-electron chi connectivity index (χ3n) is 5.21. The average molecular weight is 532 g/mol. The molecule has 2 aliphatic rings. The summed E-state index contributed by atoms with van der Waals surface area (Å²) in [6, 6.07) is 4.11. The van der Waals surface area contributed by atoms with E-state index < -0.39 is 41.5 Å². The quantitative estimate of drug-likeness (QED) is 0.269. The molecule has 2 fully saturated rings. The number of alkyl halides is 6. The predicted octanol–water partition coefficient (Wildman–Crippen LogP) is 6.18. The van der Waals surface area contributed by atoms with E-state index in [4.69, 9.17) is 21.1 Å². The summed E-state index contributed by atoms with van der Waals surface area (Å²) in [6.45, 7) is 1.92. The van der Waals surface area contributed by atoms with Crippen molar-refractivity contribution in [1.82, 2.24) is 9.88 Å². The third-order valence-corrected chi connectivity index (χ3v) is 6.15. The SMILES string of the molecule is C[C@H]1[C@@H](c2cc(C(F)(F)F)cc(C(F)(F)F)c2)OC2(CO2)N1Cc1nc(Cl)ccc1Br. The Kier molecular flexibility index (Phi) is 5.57. The molecule has 168 valence electrons. The number of hydrogen-bond acceptors (Lipinski definition) is 4. The number of epoxide rings is 1. The first-order chi connectivity index (χ1) is 14.3. The molecular weight excluding hydrogens is 518 g/mol. The van der Waals surface area contributed by atoms with Crippen molar-refractivity contribution in [2.45, 2.75) is 43.9 Å². The molecule has 3 atom stereocenters. The summed E-state index contributed by atoms with van der Waals surface area (Å²) in [5.74, 6) is -1.24. The van der Waals surface area contributed by atoms with E-state index in [-0.39, 0.29) is 29.9 Å². The topological polar surface area (TPSA) is 37.9 Å². The average Bonchev–Trinajstić information content (AvgIpc) is 3.39. The highest BCUT2D eigenvalue weighted by atomic mass is 79.9. The number of hydrogen-bond donors (Lipinski definition) is 0. The van der Waals surface area contributed by atoms with Gasteiger partial charge in [0.2, 0.25) is 0 Å². The first-order valence-electron chi connectivity index (χ1n) is 8.99. The van der Waals surface area contributed by atoms with Crippen molar-refractivity contribution in [3.05, 3.63) is 62.3 Å². The summed E-state index contributed by atoms with van der Waals surface area (Å²) in [5, 5.41) is 0.237. The fourth-order valence-electron chi connectivity index (χ4n) is 3.62. The van der Waals surface area contributed by atoms with E-state index in [0.717, 1.165) is 0 Å². The molecule has 1 spiro atoms. The van der Waals surface area contributed by atoms with Gasteiger partial charge >= 0.3 is 12.4 Å². The Morgan fingerprint density at radius 3 is 2.23 bits per heavy atom. The van der Waals surface area contributed by atoms with Gasteiger partial charge in [-0.1, -0.05) is 11.6 Å². The van der Waals surface area contributed by atoms with Gasteiger partial charge in [0.1, 0.15) is 17.9 Å². The Labute approximate surface area is 186 Å². The van der Waals surface area contributed by atoms with Crippen LogP contribution in [0.25, 0.3) is 0 Å². The van der Waals surface area contributed by atoms with Gasteiger partial charge in [-0.2, -0.15) is 26.3 Å². The standard InChI is InChI=1S/C19H14BrClF6N2O2/c1-9-16(10-4-11(18(22,23)24)6-12(5-10)19(25,26)27)31-17(8-30-17)29(9)7-14-13(20)2-3-15(21)28-14/h2-6,9,16H,7-8H2,1H3/t9-,16-,17?/m0/s1. The summed E-state index contributed by atoms with van der Waals surface area (Å²) < 4.78 is 91.5. The fourth-order valence-corrected chi connectivity index (χ4v) is 4.13. The minimum atomic E-state index is -4.94. The van der Waals surface area contributed by atoms with Gasteiger partial charge in [0, 0.05) is 17.1 Å². The number of aromatic nitrogens is 1. The molecule has 0 amide bonds. The van der Waals surface area contributed by atoms with Crippen molar-refractivity contribution >= 4 is 27.5 Å². The molecule has 2 aromatic rings. The molecule has 3 heterocycles. The van der Waals surface area contributed by atoms with Crippen LogP contribution in [0.15, 0.2) is 34.8 Å². The molecule has 1 aromatic carbocycles. The first kappa shape index (κ1) is 22.8. The molecule has 0 aliphatic carbocycles. The smallest absolute Gasteiger partial charge is 0.328 e. The normalized spacial score (nSPS) is 26.6. The highest BCUT2D eigenvalue weighted by Gasteiger charge is 2.62. The zero-order valence-corrected chi connectivity index (χ0v) is 18.0. The highest BCUT2D eigenvalue weighted by molar-refractivity contribution is 9.10. The Bertz CT molecular complexity index is 980. The lowest BCUT2D eigenvalue weighted by molar-refractivity contribution is -0.143. The van der Waals surface area contributed by atoms with E-state index in [2.05, 4.69) is 20.9 Å². The predicted molar refractivity (Wildman–Crippen MR) is 101 cm³/mol. The summed E-state index contributed by atoms with van der Waals surface area (Å²) in [6.07, 6.45) is -11.0. The molecule has 31 heavy (non-hydrogen) atoms. The van der Waals surface area contributed by atoms with Crippen molar-refractivity contribution in [2.24, 2.45) is 0 Å². The monoisotopic (exact) mass is 530 g/mol. The van der Waals surface area contributed by atoms with Crippen molar-refractivity contribution in [3.8, 4) is 0 Å². The Morgan fingerprint density at radius 2 is 1.71 bits per heavy atom. The van der Waals surface area contributed by atoms with Crippen LogP contribution in [-0.4, -0.2) is 28.4 Å². The number of rotatable bonds is 3. The summed E-state index contributed by atoms with van der Waals surface area (Å²) >= 11 is 9.30. The molecule has 1 aromatic heterocycles. The molecule has 0 bridgehead atoms. The van der Waals surface area contributed by atoms with Crippen LogP contribution in [0.4, 0.5) is 26.3 Å². The molecule has 2 aliphatic heterocycles. The van der Waals surface area contributed by atoms with Gasteiger partial charge in [-0.25, -0.2) is 9.88 Å². The van der Waals surface area contributed by atoms with E-state index in [1.807, 2.05) is 0 Å². The maximum absolute atomic E-state index is 13.3. The summed E-state index contributed by atoms with van der Waals surface area (Å²) in [4.78, 5) is 5.93. The van der Waals surface area contributed by atoms with Crippen LogP contribution in [0.1, 0.15) is 35.4 Å². The van der Waals surface area contributed by atoms with E-state index in [0.29, 0.717) is 22.3 Å². The Hall–Kier alpha value is -1.40. The van der Waals surface area contributed by atoms with Crippen LogP contribution in [0.3, 0.4) is 0 Å². The van der Waals surface area contributed by atoms with Crippen LogP contribution in [0.5, 0.6) is 0 Å². The van der Waals surface area contributed by atoms with Crippen molar-refractivity contribution in [1.29, 1.82) is 0 Å². The van der Waals surface area contributed by atoms with E-state index in [9.17, 15) is 26.3 Å². The first-order valence-corrected chi connectivity index (χ1v) is 10.2. The number of halogens is 8. The zero-order valence-electron chi connectivity index (χ0n) is 15.7. The van der Waals surface area contributed by atoms with Gasteiger partial charge in [-0.05, 0) is 58.7 Å².